The summed E-state index contributed by atoms with van der Waals surface area (Å²) in [6.45, 7) is 2.36. The van der Waals surface area contributed by atoms with Gasteiger partial charge in [-0.3, -0.25) is 0 Å². The Morgan fingerprint density at radius 1 is 1.53 bits per heavy atom. The van der Waals surface area contributed by atoms with Crippen LogP contribution in [0.2, 0.25) is 8.67 Å². The molecule has 0 aromatic carbocycles. The highest BCUT2D eigenvalue weighted by molar-refractivity contribution is 7.89. The third-order valence-corrected chi connectivity index (χ3v) is 6.65. The van der Waals surface area contributed by atoms with Crippen LogP contribution in [0.4, 0.5) is 0 Å². The molecule has 1 aliphatic heterocycles. The molecule has 1 aromatic heterocycles. The summed E-state index contributed by atoms with van der Waals surface area (Å²) < 4.78 is 26.7. The van der Waals surface area contributed by atoms with Gasteiger partial charge in [-0.05, 0) is 6.07 Å². The second kappa shape index (κ2) is 5.57. The molecule has 0 amide bonds. The van der Waals surface area contributed by atoms with Gasteiger partial charge in [0.15, 0.2) is 0 Å². The Morgan fingerprint density at radius 3 is 2.68 bits per heavy atom. The zero-order valence-corrected chi connectivity index (χ0v) is 13.2. The summed E-state index contributed by atoms with van der Waals surface area (Å²) in [4.78, 5) is 0.0424. The van der Waals surface area contributed by atoms with Gasteiger partial charge in [0.05, 0.1) is 10.0 Å². The smallest absolute Gasteiger partial charge is 0.245 e. The minimum Gasteiger partial charge on any atom is -0.411 e. The normalized spacial score (nSPS) is 23.9. The maximum atomic E-state index is 12.4. The van der Waals surface area contributed by atoms with Gasteiger partial charge in [-0.15, -0.1) is 11.3 Å². The van der Waals surface area contributed by atoms with Gasteiger partial charge < -0.3 is 5.21 Å². The molecule has 0 spiro atoms. The second-order valence-corrected chi connectivity index (χ2v) is 8.49. The molecule has 0 radical (unpaired) electrons. The minimum absolute atomic E-state index is 0.0424. The fraction of sp³-hybridized carbons (Fsp3) is 0.500. The minimum atomic E-state index is -3.65. The predicted octanol–water partition coefficient (Wildman–Crippen LogP) is 2.92. The predicted molar refractivity (Wildman–Crippen MR) is 76.1 cm³/mol. The standard InChI is InChI=1S/C10H12Cl2N2O3S2/c1-6-5-14(3-2-7(6)13-15)19(16,17)8-4-9(11)18-10(8)12/h4,6,15H,2-3,5H2,1H3/b13-7+. The lowest BCUT2D eigenvalue weighted by Gasteiger charge is -2.30. The van der Waals surface area contributed by atoms with E-state index in [1.807, 2.05) is 6.92 Å². The lowest BCUT2D eigenvalue weighted by molar-refractivity contribution is 0.300. The summed E-state index contributed by atoms with van der Waals surface area (Å²) in [6, 6.07) is 1.37. The van der Waals surface area contributed by atoms with Gasteiger partial charge in [-0.2, -0.15) is 4.31 Å². The van der Waals surface area contributed by atoms with Gasteiger partial charge in [-0.25, -0.2) is 8.42 Å². The first-order chi connectivity index (χ1) is 8.86. The molecular formula is C10H12Cl2N2O3S2. The number of hydrogen-bond donors (Lipinski definition) is 1. The van der Waals surface area contributed by atoms with Gasteiger partial charge in [-0.1, -0.05) is 35.3 Å². The van der Waals surface area contributed by atoms with Crippen molar-refractivity contribution in [3.63, 3.8) is 0 Å². The maximum absolute atomic E-state index is 12.4. The van der Waals surface area contributed by atoms with Crippen molar-refractivity contribution in [2.45, 2.75) is 18.2 Å². The van der Waals surface area contributed by atoms with E-state index in [4.69, 9.17) is 28.4 Å². The molecule has 19 heavy (non-hydrogen) atoms. The Morgan fingerprint density at radius 2 is 2.21 bits per heavy atom. The number of sulfonamides is 1. The Kier molecular flexibility index (Phi) is 4.42. The number of nitrogens with zero attached hydrogens (tertiary/aromatic N) is 2. The number of rotatable bonds is 2. The summed E-state index contributed by atoms with van der Waals surface area (Å²) in [5, 5.41) is 12.0. The van der Waals surface area contributed by atoms with E-state index < -0.39 is 10.0 Å². The largest absolute Gasteiger partial charge is 0.411 e. The van der Waals surface area contributed by atoms with Crippen molar-refractivity contribution in [2.24, 2.45) is 11.1 Å². The molecule has 1 aromatic rings. The van der Waals surface area contributed by atoms with E-state index in [-0.39, 0.29) is 28.2 Å². The summed E-state index contributed by atoms with van der Waals surface area (Å²) in [7, 11) is -3.65. The van der Waals surface area contributed by atoms with Crippen molar-refractivity contribution >= 4 is 50.3 Å². The van der Waals surface area contributed by atoms with Crippen LogP contribution in [0.1, 0.15) is 13.3 Å². The number of halogens is 2. The molecule has 0 bridgehead atoms. The summed E-state index contributed by atoms with van der Waals surface area (Å²) in [5.74, 6) is -0.124. The fourth-order valence-corrected chi connectivity index (χ4v) is 5.64. The zero-order valence-electron chi connectivity index (χ0n) is 10.0. The van der Waals surface area contributed by atoms with Crippen LogP contribution in [0, 0.1) is 5.92 Å². The molecule has 1 fully saturated rings. The van der Waals surface area contributed by atoms with Crippen molar-refractivity contribution in [3.8, 4) is 0 Å². The van der Waals surface area contributed by atoms with Crippen LogP contribution in [0.25, 0.3) is 0 Å². The molecule has 2 heterocycles. The van der Waals surface area contributed by atoms with Gasteiger partial charge in [0.1, 0.15) is 9.23 Å². The van der Waals surface area contributed by atoms with Crippen LogP contribution < -0.4 is 0 Å². The molecular weight excluding hydrogens is 331 g/mol. The molecule has 1 aliphatic rings. The molecule has 1 atom stereocenters. The third kappa shape index (κ3) is 2.90. The van der Waals surface area contributed by atoms with Crippen LogP contribution >= 0.6 is 34.5 Å². The number of hydrogen-bond acceptors (Lipinski definition) is 5. The topological polar surface area (TPSA) is 70.0 Å². The lowest BCUT2D eigenvalue weighted by atomic mass is 10.00. The summed E-state index contributed by atoms with van der Waals surface area (Å²) in [6.07, 6.45) is 0.409. The molecule has 0 aliphatic carbocycles. The van der Waals surface area contributed by atoms with Crippen molar-refractivity contribution < 1.29 is 13.6 Å². The first kappa shape index (κ1) is 15.1. The molecule has 1 saturated heterocycles. The highest BCUT2D eigenvalue weighted by Crippen LogP contribution is 2.36. The van der Waals surface area contributed by atoms with Crippen LogP contribution in [-0.4, -0.2) is 36.7 Å². The van der Waals surface area contributed by atoms with Crippen LogP contribution in [-0.2, 0) is 10.0 Å². The average molecular weight is 343 g/mol. The van der Waals surface area contributed by atoms with E-state index in [0.717, 1.165) is 11.3 Å². The van der Waals surface area contributed by atoms with E-state index in [1.54, 1.807) is 0 Å². The van der Waals surface area contributed by atoms with E-state index in [1.165, 1.54) is 10.4 Å². The Labute approximate surface area is 125 Å². The van der Waals surface area contributed by atoms with Crippen molar-refractivity contribution in [1.82, 2.24) is 4.31 Å². The highest BCUT2D eigenvalue weighted by atomic mass is 35.5. The molecule has 0 saturated carbocycles. The van der Waals surface area contributed by atoms with Crippen molar-refractivity contribution in [3.05, 3.63) is 14.7 Å². The van der Waals surface area contributed by atoms with Crippen LogP contribution in [0.5, 0.6) is 0 Å². The fourth-order valence-electron chi connectivity index (χ4n) is 1.99. The molecule has 2 rings (SSSR count). The number of piperidine rings is 1. The monoisotopic (exact) mass is 342 g/mol. The van der Waals surface area contributed by atoms with E-state index in [2.05, 4.69) is 5.16 Å². The van der Waals surface area contributed by atoms with Gasteiger partial charge in [0, 0.05) is 25.4 Å². The quantitative estimate of drug-likeness (QED) is 0.663. The van der Waals surface area contributed by atoms with E-state index in [0.29, 0.717) is 16.5 Å². The summed E-state index contributed by atoms with van der Waals surface area (Å²) >= 11 is 12.7. The summed E-state index contributed by atoms with van der Waals surface area (Å²) in [5.41, 5.74) is 0.612. The van der Waals surface area contributed by atoms with Gasteiger partial charge in [0.25, 0.3) is 0 Å². The third-order valence-electron chi connectivity index (χ3n) is 3.04. The molecule has 1 unspecified atom stereocenters. The van der Waals surface area contributed by atoms with Crippen molar-refractivity contribution in [1.29, 1.82) is 0 Å². The van der Waals surface area contributed by atoms with Crippen LogP contribution in [0.15, 0.2) is 16.1 Å². The zero-order chi connectivity index (χ0) is 14.2. The first-order valence-electron chi connectivity index (χ1n) is 5.52. The van der Waals surface area contributed by atoms with E-state index in [9.17, 15) is 8.42 Å². The molecule has 9 heteroatoms. The Bertz CT molecular complexity index is 612. The van der Waals surface area contributed by atoms with Gasteiger partial charge >= 0.3 is 0 Å². The number of oxime groups is 1. The molecule has 5 nitrogen and oxygen atoms in total. The average Bonchev–Trinajstić information content (AvgIpc) is 2.69. The van der Waals surface area contributed by atoms with Gasteiger partial charge in [0.2, 0.25) is 10.0 Å². The second-order valence-electron chi connectivity index (χ2n) is 4.29. The molecule has 1 N–H and O–H groups in total. The Balaban J connectivity index is 2.29. The first-order valence-corrected chi connectivity index (χ1v) is 8.53. The Hall–Kier alpha value is -0.340. The SMILES string of the molecule is CC1CN(S(=O)(=O)c2cc(Cl)sc2Cl)CC/C1=N\O. The highest BCUT2D eigenvalue weighted by Gasteiger charge is 2.33. The molecule has 106 valence electrons. The number of thiophene rings is 1. The van der Waals surface area contributed by atoms with Crippen LogP contribution in [0.3, 0.4) is 0 Å². The van der Waals surface area contributed by atoms with Crippen molar-refractivity contribution in [2.75, 3.05) is 13.1 Å². The maximum Gasteiger partial charge on any atom is 0.245 e. The van der Waals surface area contributed by atoms with E-state index >= 15 is 0 Å². The lowest BCUT2D eigenvalue weighted by Crippen LogP contribution is -2.43.